The molecule has 0 radical (unpaired) electrons. The number of hydrogen-bond donors (Lipinski definition) is 0. The van der Waals surface area contributed by atoms with Gasteiger partial charge in [-0.05, 0) is 29.8 Å². The van der Waals surface area contributed by atoms with E-state index in [0.717, 1.165) is 5.56 Å². The summed E-state index contributed by atoms with van der Waals surface area (Å²) < 4.78 is 7.00. The van der Waals surface area contributed by atoms with Crippen LogP contribution in [-0.2, 0) is 11.3 Å². The van der Waals surface area contributed by atoms with Crippen LogP contribution in [0, 0.1) is 0 Å². The number of benzene rings is 3. The molecule has 7 heteroatoms. The Bertz CT molecular complexity index is 1300. The first kappa shape index (κ1) is 21.6. The van der Waals surface area contributed by atoms with E-state index in [1.165, 1.54) is 16.3 Å². The standard InChI is InChI=1S/C25H23N3O3S/c1-27(16-18-10-4-3-5-11-18)23(29)17-32-25-26-20-13-7-6-12-19(20)24(30)28(25)21-14-8-9-15-22(21)31-2/h3-15H,16-17H2,1-2H3. The number of carbonyl (C=O) groups excluding carboxylic acids is 1. The summed E-state index contributed by atoms with van der Waals surface area (Å²) in [6.45, 7) is 0.519. The van der Waals surface area contributed by atoms with Crippen molar-refractivity contribution in [3.8, 4) is 11.4 Å². The van der Waals surface area contributed by atoms with Crippen LogP contribution in [0.15, 0.2) is 88.8 Å². The molecule has 0 N–H and O–H groups in total. The molecule has 0 saturated heterocycles. The molecule has 0 spiro atoms. The van der Waals surface area contributed by atoms with Crippen molar-refractivity contribution in [2.45, 2.75) is 11.7 Å². The highest BCUT2D eigenvalue weighted by Crippen LogP contribution is 2.27. The first-order valence-electron chi connectivity index (χ1n) is 10.1. The van der Waals surface area contributed by atoms with Crippen molar-refractivity contribution in [1.82, 2.24) is 14.5 Å². The van der Waals surface area contributed by atoms with Gasteiger partial charge in [0, 0.05) is 13.6 Å². The minimum absolute atomic E-state index is 0.0483. The van der Waals surface area contributed by atoms with E-state index in [2.05, 4.69) is 0 Å². The molecule has 0 atom stereocenters. The highest BCUT2D eigenvalue weighted by atomic mass is 32.2. The van der Waals surface area contributed by atoms with Gasteiger partial charge in [0.05, 0.1) is 29.5 Å². The van der Waals surface area contributed by atoms with Crippen molar-refractivity contribution < 1.29 is 9.53 Å². The maximum atomic E-state index is 13.4. The third-order valence-corrected chi connectivity index (χ3v) is 6.01. The summed E-state index contributed by atoms with van der Waals surface area (Å²) in [7, 11) is 3.34. The first-order valence-corrected chi connectivity index (χ1v) is 11.1. The molecule has 0 saturated carbocycles. The molecule has 162 valence electrons. The number of fused-ring (bicyclic) bond motifs is 1. The molecule has 0 bridgehead atoms. The number of rotatable bonds is 7. The highest BCUT2D eigenvalue weighted by molar-refractivity contribution is 7.99. The summed E-state index contributed by atoms with van der Waals surface area (Å²) in [4.78, 5) is 32.6. The van der Waals surface area contributed by atoms with Gasteiger partial charge in [-0.25, -0.2) is 4.98 Å². The minimum atomic E-state index is -0.201. The van der Waals surface area contributed by atoms with E-state index in [0.29, 0.717) is 34.0 Å². The molecule has 6 nitrogen and oxygen atoms in total. The second kappa shape index (κ2) is 9.70. The van der Waals surface area contributed by atoms with Gasteiger partial charge in [0.1, 0.15) is 5.75 Å². The molecule has 3 aromatic carbocycles. The first-order chi connectivity index (χ1) is 15.6. The van der Waals surface area contributed by atoms with Crippen molar-refractivity contribution in [2.75, 3.05) is 19.9 Å². The van der Waals surface area contributed by atoms with Crippen LogP contribution >= 0.6 is 11.8 Å². The largest absolute Gasteiger partial charge is 0.495 e. The van der Waals surface area contributed by atoms with Crippen LogP contribution in [0.2, 0.25) is 0 Å². The number of thioether (sulfide) groups is 1. The van der Waals surface area contributed by atoms with E-state index in [-0.39, 0.29) is 17.2 Å². The van der Waals surface area contributed by atoms with E-state index in [4.69, 9.17) is 9.72 Å². The number of amides is 1. The second-order valence-electron chi connectivity index (χ2n) is 7.25. The normalized spacial score (nSPS) is 10.8. The zero-order valence-corrected chi connectivity index (χ0v) is 18.7. The van der Waals surface area contributed by atoms with E-state index in [9.17, 15) is 9.59 Å². The maximum absolute atomic E-state index is 13.4. The molecular formula is C25H23N3O3S. The van der Waals surface area contributed by atoms with E-state index >= 15 is 0 Å². The highest BCUT2D eigenvalue weighted by Gasteiger charge is 2.18. The number of hydrogen-bond acceptors (Lipinski definition) is 5. The third kappa shape index (κ3) is 4.53. The maximum Gasteiger partial charge on any atom is 0.266 e. The lowest BCUT2D eigenvalue weighted by Gasteiger charge is -2.18. The smallest absolute Gasteiger partial charge is 0.266 e. The lowest BCUT2D eigenvalue weighted by Crippen LogP contribution is -2.28. The van der Waals surface area contributed by atoms with Gasteiger partial charge in [-0.15, -0.1) is 0 Å². The fraction of sp³-hybridized carbons (Fsp3) is 0.160. The SMILES string of the molecule is COc1ccccc1-n1c(SCC(=O)N(C)Cc2ccccc2)nc2ccccc2c1=O. The summed E-state index contributed by atoms with van der Waals surface area (Å²) >= 11 is 1.24. The fourth-order valence-electron chi connectivity index (χ4n) is 3.42. The van der Waals surface area contributed by atoms with Gasteiger partial charge in [-0.3, -0.25) is 14.2 Å². The van der Waals surface area contributed by atoms with Crippen LogP contribution in [0.3, 0.4) is 0 Å². The number of aromatic nitrogens is 2. The molecule has 4 aromatic rings. The molecule has 0 aliphatic rings. The Hall–Kier alpha value is -3.58. The van der Waals surface area contributed by atoms with Gasteiger partial charge in [0.2, 0.25) is 5.91 Å². The van der Waals surface area contributed by atoms with Crippen molar-refractivity contribution in [3.05, 3.63) is 94.8 Å². The van der Waals surface area contributed by atoms with E-state index < -0.39 is 0 Å². The number of carbonyl (C=O) groups is 1. The summed E-state index contributed by atoms with van der Waals surface area (Å²) in [6, 6.07) is 24.3. The van der Waals surface area contributed by atoms with Crippen LogP contribution in [0.5, 0.6) is 5.75 Å². The fourth-order valence-corrected chi connectivity index (χ4v) is 4.36. The number of para-hydroxylation sites is 3. The molecule has 0 aliphatic heterocycles. The topological polar surface area (TPSA) is 64.4 Å². The second-order valence-corrected chi connectivity index (χ2v) is 8.19. The summed E-state index contributed by atoms with van der Waals surface area (Å²) in [5, 5.41) is 0.954. The van der Waals surface area contributed by atoms with Crippen molar-refractivity contribution in [1.29, 1.82) is 0 Å². The molecule has 0 unspecified atom stereocenters. The van der Waals surface area contributed by atoms with Crippen molar-refractivity contribution in [2.24, 2.45) is 0 Å². The van der Waals surface area contributed by atoms with Crippen LogP contribution < -0.4 is 10.3 Å². The van der Waals surface area contributed by atoms with Gasteiger partial charge in [0.25, 0.3) is 5.56 Å². The average molecular weight is 446 g/mol. The minimum Gasteiger partial charge on any atom is -0.495 e. The van der Waals surface area contributed by atoms with Crippen LogP contribution in [0.25, 0.3) is 16.6 Å². The number of ether oxygens (including phenoxy) is 1. The predicted octanol–water partition coefficient (Wildman–Crippen LogP) is 4.15. The van der Waals surface area contributed by atoms with Gasteiger partial charge >= 0.3 is 0 Å². The summed E-state index contributed by atoms with van der Waals surface area (Å²) in [5.74, 6) is 0.664. The quantitative estimate of drug-likeness (QED) is 0.316. The molecule has 1 amide bonds. The lowest BCUT2D eigenvalue weighted by atomic mass is 10.2. The van der Waals surface area contributed by atoms with Gasteiger partial charge in [0.15, 0.2) is 5.16 Å². The number of methoxy groups -OCH3 is 1. The van der Waals surface area contributed by atoms with Crippen molar-refractivity contribution in [3.63, 3.8) is 0 Å². The van der Waals surface area contributed by atoms with Crippen molar-refractivity contribution >= 4 is 28.6 Å². The Balaban J connectivity index is 1.67. The number of nitrogens with zero attached hydrogens (tertiary/aromatic N) is 3. The Morgan fingerprint density at radius 1 is 1.00 bits per heavy atom. The Morgan fingerprint density at radius 2 is 1.69 bits per heavy atom. The van der Waals surface area contributed by atoms with Crippen LogP contribution in [0.4, 0.5) is 0 Å². The van der Waals surface area contributed by atoms with E-state index in [1.807, 2.05) is 60.7 Å². The molecule has 1 aromatic heterocycles. The zero-order chi connectivity index (χ0) is 22.5. The molecule has 32 heavy (non-hydrogen) atoms. The zero-order valence-electron chi connectivity index (χ0n) is 17.9. The lowest BCUT2D eigenvalue weighted by molar-refractivity contribution is -0.127. The average Bonchev–Trinajstić information content (AvgIpc) is 2.83. The predicted molar refractivity (Wildman–Crippen MR) is 128 cm³/mol. The van der Waals surface area contributed by atoms with E-state index in [1.54, 1.807) is 37.3 Å². The molecule has 0 aliphatic carbocycles. The third-order valence-electron chi connectivity index (χ3n) is 5.08. The molecule has 1 heterocycles. The Labute approximate surface area is 190 Å². The monoisotopic (exact) mass is 445 g/mol. The van der Waals surface area contributed by atoms with Gasteiger partial charge in [-0.2, -0.15) is 0 Å². The van der Waals surface area contributed by atoms with Gasteiger partial charge in [-0.1, -0.05) is 66.4 Å². The summed E-state index contributed by atoms with van der Waals surface area (Å²) in [5.41, 5.74) is 2.04. The molecular weight excluding hydrogens is 422 g/mol. The Morgan fingerprint density at radius 3 is 2.47 bits per heavy atom. The molecule has 0 fully saturated rings. The van der Waals surface area contributed by atoms with Crippen LogP contribution in [-0.4, -0.2) is 40.3 Å². The van der Waals surface area contributed by atoms with Gasteiger partial charge < -0.3 is 9.64 Å². The Kier molecular flexibility index (Phi) is 6.56. The summed E-state index contributed by atoms with van der Waals surface area (Å²) in [6.07, 6.45) is 0. The molecule has 4 rings (SSSR count). The van der Waals surface area contributed by atoms with Crippen LogP contribution in [0.1, 0.15) is 5.56 Å².